The number of hydrogen-bond acceptors (Lipinski definition) is 4. The predicted octanol–water partition coefficient (Wildman–Crippen LogP) is 0.284. The molecule has 0 saturated heterocycles. The molecule has 0 unspecified atom stereocenters. The molecule has 0 aromatic rings. The molecule has 0 heterocycles. The molecule has 0 atom stereocenters. The van der Waals surface area contributed by atoms with E-state index in [0.717, 1.165) is 0 Å². The van der Waals surface area contributed by atoms with Crippen molar-refractivity contribution >= 4 is 11.6 Å². The molecule has 0 aliphatic heterocycles. The van der Waals surface area contributed by atoms with Crippen molar-refractivity contribution in [2.75, 3.05) is 27.4 Å². The Hall–Kier alpha value is -1.26. The van der Waals surface area contributed by atoms with Crippen LogP contribution >= 0.6 is 0 Å². The lowest BCUT2D eigenvalue weighted by atomic mass is 9.96. The molecule has 1 aliphatic carbocycles. The summed E-state index contributed by atoms with van der Waals surface area (Å²) >= 11 is 0. The Bertz CT molecular complexity index is 282. The Kier molecular flexibility index (Phi) is 3.73. The van der Waals surface area contributed by atoms with E-state index in [-0.39, 0.29) is 24.8 Å². The molecule has 0 saturated carbocycles. The number of rotatable bonds is 4. The maximum Gasteiger partial charge on any atom is 0.184 e. The molecule has 0 spiro atoms. The van der Waals surface area contributed by atoms with Crippen LogP contribution in [0, 0.1) is 0 Å². The lowest BCUT2D eigenvalue weighted by Gasteiger charge is -2.13. The number of carbonyl (C=O) groups excluding carboxylic acids is 2. The first kappa shape index (κ1) is 10.8. The number of methoxy groups -OCH3 is 2. The number of carbonyl (C=O) groups is 2. The largest absolute Gasteiger partial charge is 0.380 e. The van der Waals surface area contributed by atoms with Crippen LogP contribution in [0.2, 0.25) is 0 Å². The SMILES string of the molecule is COCC1=C(COC)C(=O)C=CC1=O. The molecule has 0 aromatic heterocycles. The fraction of sp³-hybridized carbons (Fsp3) is 0.400. The molecule has 0 amide bonds. The molecule has 0 fully saturated rings. The summed E-state index contributed by atoms with van der Waals surface area (Å²) in [6.45, 7) is 0.293. The highest BCUT2D eigenvalue weighted by Crippen LogP contribution is 2.14. The summed E-state index contributed by atoms with van der Waals surface area (Å²) in [6.07, 6.45) is 2.52. The maximum atomic E-state index is 11.4. The van der Waals surface area contributed by atoms with Crippen LogP contribution in [0.4, 0.5) is 0 Å². The standard InChI is InChI=1S/C10H12O4/c1-13-5-7-8(6-14-2)10(12)4-3-9(7)11/h3-4H,5-6H2,1-2H3. The molecule has 1 aliphatic rings. The second-order valence-electron chi connectivity index (χ2n) is 2.88. The molecule has 4 heteroatoms. The van der Waals surface area contributed by atoms with Crippen molar-refractivity contribution in [2.24, 2.45) is 0 Å². The van der Waals surface area contributed by atoms with E-state index in [9.17, 15) is 9.59 Å². The van der Waals surface area contributed by atoms with Crippen molar-refractivity contribution in [3.05, 3.63) is 23.3 Å². The lowest BCUT2D eigenvalue weighted by molar-refractivity contribution is -0.116. The number of allylic oxidation sites excluding steroid dienone is 2. The van der Waals surface area contributed by atoms with Gasteiger partial charge < -0.3 is 9.47 Å². The number of ether oxygens (including phenoxy) is 2. The van der Waals surface area contributed by atoms with Crippen molar-refractivity contribution in [3.63, 3.8) is 0 Å². The molecule has 0 aromatic carbocycles. The molecular formula is C10H12O4. The summed E-state index contributed by atoms with van der Waals surface area (Å²) < 4.78 is 9.71. The van der Waals surface area contributed by atoms with Gasteiger partial charge in [-0.05, 0) is 12.2 Å². The van der Waals surface area contributed by atoms with Gasteiger partial charge in [-0.3, -0.25) is 9.59 Å². The second-order valence-corrected chi connectivity index (χ2v) is 2.88. The number of hydrogen-bond donors (Lipinski definition) is 0. The van der Waals surface area contributed by atoms with Crippen LogP contribution in [0.25, 0.3) is 0 Å². The molecule has 0 N–H and O–H groups in total. The minimum atomic E-state index is -0.182. The van der Waals surface area contributed by atoms with Gasteiger partial charge in [0.05, 0.1) is 13.2 Å². The van der Waals surface area contributed by atoms with Gasteiger partial charge in [-0.25, -0.2) is 0 Å². The van der Waals surface area contributed by atoms with E-state index < -0.39 is 0 Å². The smallest absolute Gasteiger partial charge is 0.184 e. The summed E-state index contributed by atoms with van der Waals surface area (Å²) in [5, 5.41) is 0. The highest BCUT2D eigenvalue weighted by molar-refractivity contribution is 6.20. The first-order chi connectivity index (χ1) is 6.70. The van der Waals surface area contributed by atoms with Gasteiger partial charge in [0.2, 0.25) is 0 Å². The lowest BCUT2D eigenvalue weighted by Crippen LogP contribution is -2.20. The van der Waals surface area contributed by atoms with E-state index in [1.54, 1.807) is 0 Å². The third-order valence-electron chi connectivity index (χ3n) is 1.92. The molecular weight excluding hydrogens is 184 g/mol. The van der Waals surface area contributed by atoms with Gasteiger partial charge in [0.15, 0.2) is 11.6 Å². The van der Waals surface area contributed by atoms with Gasteiger partial charge in [-0.1, -0.05) is 0 Å². The van der Waals surface area contributed by atoms with Gasteiger partial charge in [0, 0.05) is 25.4 Å². The Morgan fingerprint density at radius 3 is 1.57 bits per heavy atom. The first-order valence-corrected chi connectivity index (χ1v) is 4.17. The van der Waals surface area contributed by atoms with Crippen LogP contribution in [0.1, 0.15) is 0 Å². The quantitative estimate of drug-likeness (QED) is 0.606. The van der Waals surface area contributed by atoms with Crippen LogP contribution in [0.15, 0.2) is 23.3 Å². The summed E-state index contributed by atoms with van der Waals surface area (Å²) in [5.74, 6) is -0.364. The van der Waals surface area contributed by atoms with Crippen molar-refractivity contribution in [3.8, 4) is 0 Å². The fourth-order valence-corrected chi connectivity index (χ4v) is 1.26. The minimum absolute atomic E-state index is 0.146. The molecule has 14 heavy (non-hydrogen) atoms. The zero-order chi connectivity index (χ0) is 10.6. The van der Waals surface area contributed by atoms with Crippen molar-refractivity contribution in [1.82, 2.24) is 0 Å². The van der Waals surface area contributed by atoms with Crippen LogP contribution in [0.3, 0.4) is 0 Å². The Balaban J connectivity index is 2.99. The maximum absolute atomic E-state index is 11.4. The van der Waals surface area contributed by atoms with E-state index in [1.165, 1.54) is 26.4 Å². The Morgan fingerprint density at radius 2 is 1.29 bits per heavy atom. The monoisotopic (exact) mass is 196 g/mol. The van der Waals surface area contributed by atoms with Crippen molar-refractivity contribution < 1.29 is 19.1 Å². The van der Waals surface area contributed by atoms with Gasteiger partial charge in [-0.15, -0.1) is 0 Å². The summed E-state index contributed by atoms with van der Waals surface area (Å²) in [6, 6.07) is 0. The molecule has 4 nitrogen and oxygen atoms in total. The zero-order valence-corrected chi connectivity index (χ0v) is 8.20. The Labute approximate surface area is 82.2 Å². The predicted molar refractivity (Wildman–Crippen MR) is 49.9 cm³/mol. The van der Waals surface area contributed by atoms with E-state index in [2.05, 4.69) is 0 Å². The third kappa shape index (κ3) is 2.16. The van der Waals surface area contributed by atoms with Crippen LogP contribution < -0.4 is 0 Å². The van der Waals surface area contributed by atoms with Gasteiger partial charge in [-0.2, -0.15) is 0 Å². The average molecular weight is 196 g/mol. The number of ketones is 2. The zero-order valence-electron chi connectivity index (χ0n) is 8.20. The molecule has 0 radical (unpaired) electrons. The molecule has 1 rings (SSSR count). The fourth-order valence-electron chi connectivity index (χ4n) is 1.26. The second kappa shape index (κ2) is 4.83. The normalized spacial score (nSPS) is 16.7. The highest BCUT2D eigenvalue weighted by Gasteiger charge is 2.21. The van der Waals surface area contributed by atoms with E-state index >= 15 is 0 Å². The first-order valence-electron chi connectivity index (χ1n) is 4.17. The van der Waals surface area contributed by atoms with Gasteiger partial charge >= 0.3 is 0 Å². The molecule has 0 bridgehead atoms. The Morgan fingerprint density at radius 1 is 0.929 bits per heavy atom. The van der Waals surface area contributed by atoms with Gasteiger partial charge in [0.25, 0.3) is 0 Å². The van der Waals surface area contributed by atoms with Crippen LogP contribution in [-0.2, 0) is 19.1 Å². The highest BCUT2D eigenvalue weighted by atomic mass is 16.5. The van der Waals surface area contributed by atoms with E-state index in [0.29, 0.717) is 11.1 Å². The topological polar surface area (TPSA) is 52.6 Å². The van der Waals surface area contributed by atoms with Crippen LogP contribution in [-0.4, -0.2) is 39.0 Å². The van der Waals surface area contributed by atoms with E-state index in [1.807, 2.05) is 0 Å². The van der Waals surface area contributed by atoms with Crippen molar-refractivity contribution in [1.29, 1.82) is 0 Å². The molecule has 76 valence electrons. The summed E-state index contributed by atoms with van der Waals surface area (Å²) in [4.78, 5) is 22.8. The summed E-state index contributed by atoms with van der Waals surface area (Å²) in [5.41, 5.74) is 0.781. The summed E-state index contributed by atoms with van der Waals surface area (Å²) in [7, 11) is 2.96. The average Bonchev–Trinajstić information content (AvgIpc) is 2.17. The van der Waals surface area contributed by atoms with Crippen LogP contribution in [0.5, 0.6) is 0 Å². The minimum Gasteiger partial charge on any atom is -0.380 e. The van der Waals surface area contributed by atoms with Crippen molar-refractivity contribution in [2.45, 2.75) is 0 Å². The third-order valence-corrected chi connectivity index (χ3v) is 1.92. The van der Waals surface area contributed by atoms with E-state index in [4.69, 9.17) is 9.47 Å². The van der Waals surface area contributed by atoms with Gasteiger partial charge in [0.1, 0.15) is 0 Å².